The van der Waals surface area contributed by atoms with Gasteiger partial charge >= 0.3 is 5.97 Å². The predicted octanol–water partition coefficient (Wildman–Crippen LogP) is 1.71. The van der Waals surface area contributed by atoms with Gasteiger partial charge in [-0.15, -0.1) is 0 Å². The summed E-state index contributed by atoms with van der Waals surface area (Å²) >= 11 is 3.34. The standard InChI is InChI=1S/C11H18BrN3O2/c1-11(13,10(16)17-2)5-3-4-6-15-8-9(12)7-14-15/h7-8H,3-6,13H2,1-2H3. The molecule has 0 aliphatic heterocycles. The Bertz CT molecular complexity index is 377. The van der Waals surface area contributed by atoms with Crippen LogP contribution < -0.4 is 5.73 Å². The summed E-state index contributed by atoms with van der Waals surface area (Å²) in [5.41, 5.74) is 4.96. The zero-order valence-electron chi connectivity index (χ0n) is 10.1. The third kappa shape index (κ3) is 4.47. The number of carbonyl (C=O) groups excluding carboxylic acids is 1. The SMILES string of the molecule is COC(=O)C(C)(N)CCCCn1cc(Br)cn1. The molecule has 1 heterocycles. The van der Waals surface area contributed by atoms with Crippen LogP contribution >= 0.6 is 15.9 Å². The zero-order valence-corrected chi connectivity index (χ0v) is 11.7. The number of aryl methyl sites for hydroxylation is 1. The molecule has 17 heavy (non-hydrogen) atoms. The number of esters is 1. The number of rotatable bonds is 6. The lowest BCUT2D eigenvalue weighted by atomic mass is 9.96. The molecule has 0 aromatic carbocycles. The number of nitrogens with two attached hydrogens (primary N) is 1. The van der Waals surface area contributed by atoms with Gasteiger partial charge in [0.25, 0.3) is 0 Å². The van der Waals surface area contributed by atoms with Crippen molar-refractivity contribution >= 4 is 21.9 Å². The van der Waals surface area contributed by atoms with Crippen LogP contribution in [0.3, 0.4) is 0 Å². The first-order chi connectivity index (χ1) is 7.95. The minimum absolute atomic E-state index is 0.362. The summed E-state index contributed by atoms with van der Waals surface area (Å²) in [7, 11) is 1.36. The number of hydrogen-bond acceptors (Lipinski definition) is 4. The number of unbranched alkanes of at least 4 members (excludes halogenated alkanes) is 1. The first-order valence-electron chi connectivity index (χ1n) is 5.51. The molecule has 0 radical (unpaired) electrons. The molecule has 1 rings (SSSR count). The van der Waals surface area contributed by atoms with E-state index in [1.54, 1.807) is 13.1 Å². The summed E-state index contributed by atoms with van der Waals surface area (Å²) in [6, 6.07) is 0. The number of aromatic nitrogens is 2. The third-order valence-corrected chi connectivity index (χ3v) is 3.00. The summed E-state index contributed by atoms with van der Waals surface area (Å²) in [5, 5.41) is 4.15. The van der Waals surface area contributed by atoms with Crippen LogP contribution in [0.1, 0.15) is 26.2 Å². The van der Waals surface area contributed by atoms with Crippen molar-refractivity contribution in [2.45, 2.75) is 38.3 Å². The van der Waals surface area contributed by atoms with E-state index in [0.29, 0.717) is 6.42 Å². The molecule has 6 heteroatoms. The number of carbonyl (C=O) groups is 1. The van der Waals surface area contributed by atoms with Crippen molar-refractivity contribution in [1.29, 1.82) is 0 Å². The van der Waals surface area contributed by atoms with Gasteiger partial charge in [0, 0.05) is 12.7 Å². The molecule has 0 aliphatic rings. The molecule has 0 bridgehead atoms. The van der Waals surface area contributed by atoms with Crippen molar-refractivity contribution in [1.82, 2.24) is 9.78 Å². The summed E-state index contributed by atoms with van der Waals surface area (Å²) in [6.45, 7) is 2.52. The average Bonchev–Trinajstić information content (AvgIpc) is 2.69. The molecule has 0 saturated carbocycles. The maximum atomic E-state index is 11.3. The highest BCUT2D eigenvalue weighted by Gasteiger charge is 2.28. The molecule has 2 N–H and O–H groups in total. The van der Waals surface area contributed by atoms with Crippen LogP contribution in [0.15, 0.2) is 16.9 Å². The first kappa shape index (κ1) is 14.2. The van der Waals surface area contributed by atoms with Crippen LogP contribution in [0, 0.1) is 0 Å². The highest BCUT2D eigenvalue weighted by Crippen LogP contribution is 2.13. The lowest BCUT2D eigenvalue weighted by Gasteiger charge is -2.20. The minimum Gasteiger partial charge on any atom is -0.468 e. The maximum Gasteiger partial charge on any atom is 0.325 e. The van der Waals surface area contributed by atoms with Gasteiger partial charge in [0.1, 0.15) is 5.54 Å². The zero-order chi connectivity index (χ0) is 12.9. The van der Waals surface area contributed by atoms with Gasteiger partial charge in [0.2, 0.25) is 0 Å². The Labute approximate surface area is 109 Å². The van der Waals surface area contributed by atoms with Gasteiger partial charge in [-0.25, -0.2) is 0 Å². The molecule has 1 aromatic heterocycles. The van der Waals surface area contributed by atoms with E-state index >= 15 is 0 Å². The molecule has 5 nitrogen and oxygen atoms in total. The van der Waals surface area contributed by atoms with Crippen LogP contribution in [-0.2, 0) is 16.1 Å². The molecule has 1 atom stereocenters. The second kappa shape index (κ2) is 6.16. The van der Waals surface area contributed by atoms with E-state index in [4.69, 9.17) is 5.73 Å². The summed E-state index contributed by atoms with van der Waals surface area (Å²) < 4.78 is 7.47. The van der Waals surface area contributed by atoms with Gasteiger partial charge in [-0.2, -0.15) is 5.10 Å². The fourth-order valence-electron chi connectivity index (χ4n) is 1.56. The van der Waals surface area contributed by atoms with Crippen LogP contribution in [0.25, 0.3) is 0 Å². The molecule has 0 saturated heterocycles. The smallest absolute Gasteiger partial charge is 0.325 e. The molecular weight excluding hydrogens is 286 g/mol. The molecular formula is C11H18BrN3O2. The van der Waals surface area contributed by atoms with Crippen LogP contribution in [0.2, 0.25) is 0 Å². The number of hydrogen-bond donors (Lipinski definition) is 1. The summed E-state index contributed by atoms with van der Waals surface area (Å²) in [6.07, 6.45) is 6.07. The van der Waals surface area contributed by atoms with Crippen molar-refractivity contribution in [3.8, 4) is 0 Å². The Kier molecular flexibility index (Phi) is 5.14. The second-order valence-corrected chi connectivity index (χ2v) is 5.20. The Morgan fingerprint density at radius 3 is 2.88 bits per heavy atom. The number of halogens is 1. The predicted molar refractivity (Wildman–Crippen MR) is 68.4 cm³/mol. The highest BCUT2D eigenvalue weighted by atomic mass is 79.9. The molecule has 0 amide bonds. The Hall–Kier alpha value is -0.880. The number of nitrogens with zero attached hydrogens (tertiary/aromatic N) is 2. The van der Waals surface area contributed by atoms with Crippen LogP contribution in [0.4, 0.5) is 0 Å². The van der Waals surface area contributed by atoms with Crippen LogP contribution in [0.5, 0.6) is 0 Å². The average molecular weight is 304 g/mol. The van der Waals surface area contributed by atoms with Crippen molar-refractivity contribution in [2.24, 2.45) is 5.73 Å². The van der Waals surface area contributed by atoms with Crippen molar-refractivity contribution in [3.05, 3.63) is 16.9 Å². The quantitative estimate of drug-likeness (QED) is 0.641. The van der Waals surface area contributed by atoms with Gasteiger partial charge in [-0.1, -0.05) is 0 Å². The fraction of sp³-hybridized carbons (Fsp3) is 0.636. The number of methoxy groups -OCH3 is 1. The number of ether oxygens (including phenoxy) is 1. The van der Waals surface area contributed by atoms with Gasteiger partial charge in [-0.3, -0.25) is 9.48 Å². The normalized spacial score (nSPS) is 14.4. The molecule has 96 valence electrons. The molecule has 1 unspecified atom stereocenters. The monoisotopic (exact) mass is 303 g/mol. The van der Waals surface area contributed by atoms with Gasteiger partial charge in [-0.05, 0) is 42.1 Å². The van der Waals surface area contributed by atoms with E-state index in [9.17, 15) is 4.79 Å². The fourth-order valence-corrected chi connectivity index (χ4v) is 1.89. The summed E-state index contributed by atoms with van der Waals surface area (Å²) in [4.78, 5) is 11.3. The summed E-state index contributed by atoms with van der Waals surface area (Å²) in [5.74, 6) is -0.362. The first-order valence-corrected chi connectivity index (χ1v) is 6.30. The van der Waals surface area contributed by atoms with E-state index < -0.39 is 5.54 Å². The molecule has 0 fully saturated rings. The largest absolute Gasteiger partial charge is 0.468 e. The van der Waals surface area contributed by atoms with Gasteiger partial charge in [0.05, 0.1) is 17.8 Å². The van der Waals surface area contributed by atoms with Gasteiger partial charge < -0.3 is 10.5 Å². The van der Waals surface area contributed by atoms with E-state index in [2.05, 4.69) is 25.8 Å². The van der Waals surface area contributed by atoms with Crippen molar-refractivity contribution in [3.63, 3.8) is 0 Å². The van der Waals surface area contributed by atoms with Crippen molar-refractivity contribution < 1.29 is 9.53 Å². The topological polar surface area (TPSA) is 70.1 Å². The maximum absolute atomic E-state index is 11.3. The van der Waals surface area contributed by atoms with Gasteiger partial charge in [0.15, 0.2) is 0 Å². The third-order valence-electron chi connectivity index (χ3n) is 2.59. The van der Waals surface area contributed by atoms with E-state index in [-0.39, 0.29) is 5.97 Å². The molecule has 0 aliphatic carbocycles. The van der Waals surface area contributed by atoms with Crippen molar-refractivity contribution in [2.75, 3.05) is 7.11 Å². The van der Waals surface area contributed by atoms with E-state index in [1.807, 2.05) is 10.9 Å². The van der Waals surface area contributed by atoms with E-state index in [1.165, 1.54) is 7.11 Å². The Balaban J connectivity index is 2.26. The van der Waals surface area contributed by atoms with E-state index in [0.717, 1.165) is 23.9 Å². The minimum atomic E-state index is -0.889. The van der Waals surface area contributed by atoms with Crippen LogP contribution in [-0.4, -0.2) is 28.4 Å². The lowest BCUT2D eigenvalue weighted by Crippen LogP contribution is -2.45. The second-order valence-electron chi connectivity index (χ2n) is 4.29. The lowest BCUT2D eigenvalue weighted by molar-refractivity contribution is -0.146. The Morgan fingerprint density at radius 2 is 2.35 bits per heavy atom. The molecule has 1 aromatic rings. The molecule has 0 spiro atoms. The highest BCUT2D eigenvalue weighted by molar-refractivity contribution is 9.10. The Morgan fingerprint density at radius 1 is 1.65 bits per heavy atom.